The third kappa shape index (κ3) is 3.67. The molecule has 2 heterocycles. The van der Waals surface area contributed by atoms with Gasteiger partial charge in [0.1, 0.15) is 18.1 Å². The van der Waals surface area contributed by atoms with Crippen LogP contribution in [-0.4, -0.2) is 21.4 Å². The van der Waals surface area contributed by atoms with Gasteiger partial charge in [0.2, 0.25) is 5.78 Å². The number of fused-ring (bicyclic) bond motifs is 1. The summed E-state index contributed by atoms with van der Waals surface area (Å²) in [6.45, 7) is 2.85. The number of anilines is 1. The molecule has 0 aliphatic carbocycles. The van der Waals surface area contributed by atoms with E-state index in [0.717, 1.165) is 36.3 Å². The first kappa shape index (κ1) is 18.0. The van der Waals surface area contributed by atoms with Gasteiger partial charge in [0, 0.05) is 18.5 Å². The van der Waals surface area contributed by atoms with Gasteiger partial charge in [-0.2, -0.15) is 0 Å². The van der Waals surface area contributed by atoms with Crippen LogP contribution >= 0.6 is 0 Å². The molecule has 1 N–H and O–H groups in total. The van der Waals surface area contributed by atoms with Crippen molar-refractivity contribution in [2.24, 2.45) is 0 Å². The fourth-order valence-corrected chi connectivity index (χ4v) is 3.34. The van der Waals surface area contributed by atoms with Crippen molar-refractivity contribution in [2.75, 3.05) is 5.32 Å². The Kier molecular flexibility index (Phi) is 4.93. The van der Waals surface area contributed by atoms with Crippen LogP contribution in [0.4, 0.5) is 10.6 Å². The minimum absolute atomic E-state index is 0.154. The maximum Gasteiger partial charge on any atom is 0.413 e. The number of carbonyl (C=O) groups is 2. The molecule has 28 heavy (non-hydrogen) atoms. The van der Waals surface area contributed by atoms with Crippen LogP contribution in [0, 0.1) is 6.92 Å². The van der Waals surface area contributed by atoms with Crippen LogP contribution in [0.1, 0.15) is 39.4 Å². The van der Waals surface area contributed by atoms with Crippen molar-refractivity contribution in [1.29, 1.82) is 0 Å². The van der Waals surface area contributed by atoms with Gasteiger partial charge < -0.3 is 9.30 Å². The number of nitrogens with one attached hydrogen (secondary N) is 1. The molecule has 6 nitrogen and oxygen atoms in total. The number of rotatable bonds is 5. The van der Waals surface area contributed by atoms with Crippen molar-refractivity contribution >= 4 is 17.7 Å². The molecule has 2 aromatic carbocycles. The molecule has 0 saturated carbocycles. The number of hydrogen-bond acceptors (Lipinski definition) is 4. The minimum Gasteiger partial charge on any atom is -0.444 e. The molecule has 0 fully saturated rings. The summed E-state index contributed by atoms with van der Waals surface area (Å²) >= 11 is 0. The number of aromatic nitrogens is 2. The lowest BCUT2D eigenvalue weighted by Crippen LogP contribution is -2.18. The second kappa shape index (κ2) is 7.68. The van der Waals surface area contributed by atoms with Gasteiger partial charge in [-0.25, -0.2) is 9.78 Å². The number of nitrogens with zero attached hydrogens (tertiary/aromatic N) is 2. The zero-order valence-corrected chi connectivity index (χ0v) is 15.6. The first-order chi connectivity index (χ1) is 13.6. The minimum atomic E-state index is -0.626. The number of ether oxygens (including phenoxy) is 1. The highest BCUT2D eigenvalue weighted by atomic mass is 16.5. The highest BCUT2D eigenvalue weighted by molar-refractivity contribution is 6.12. The topological polar surface area (TPSA) is 73.2 Å². The lowest BCUT2D eigenvalue weighted by Gasteiger charge is -2.09. The Bertz CT molecular complexity index is 1010. The number of aryl methyl sites for hydroxylation is 2. The SMILES string of the molecule is Cc1ccc(C(=O)c2c(NC(=O)OCc3ccccc3)nc3n2CCC3)cc1. The smallest absolute Gasteiger partial charge is 0.413 e. The van der Waals surface area contributed by atoms with E-state index >= 15 is 0 Å². The molecular formula is C22H21N3O3. The van der Waals surface area contributed by atoms with Gasteiger partial charge in [0.25, 0.3) is 0 Å². The van der Waals surface area contributed by atoms with E-state index in [4.69, 9.17) is 4.74 Å². The normalized spacial score (nSPS) is 12.5. The zero-order chi connectivity index (χ0) is 19.5. The van der Waals surface area contributed by atoms with Crippen molar-refractivity contribution in [3.8, 4) is 0 Å². The van der Waals surface area contributed by atoms with Crippen LogP contribution in [0.2, 0.25) is 0 Å². The quantitative estimate of drug-likeness (QED) is 0.681. The third-order valence-corrected chi connectivity index (χ3v) is 4.79. The van der Waals surface area contributed by atoms with E-state index in [-0.39, 0.29) is 18.2 Å². The predicted molar refractivity (Wildman–Crippen MR) is 105 cm³/mol. The summed E-state index contributed by atoms with van der Waals surface area (Å²) < 4.78 is 7.18. The number of benzene rings is 2. The Balaban J connectivity index is 1.55. The molecule has 0 spiro atoms. The lowest BCUT2D eigenvalue weighted by atomic mass is 10.1. The second-order valence-electron chi connectivity index (χ2n) is 6.86. The Morgan fingerprint density at radius 3 is 2.61 bits per heavy atom. The second-order valence-corrected chi connectivity index (χ2v) is 6.86. The maximum absolute atomic E-state index is 13.1. The fourth-order valence-electron chi connectivity index (χ4n) is 3.34. The zero-order valence-electron chi connectivity index (χ0n) is 15.6. The summed E-state index contributed by atoms with van der Waals surface area (Å²) in [5, 5.41) is 2.66. The molecule has 0 saturated heterocycles. The molecule has 0 radical (unpaired) electrons. The molecular weight excluding hydrogens is 354 g/mol. The number of imidazole rings is 1. The molecule has 0 atom stereocenters. The summed E-state index contributed by atoms with van der Waals surface area (Å²) in [6.07, 6.45) is 1.10. The number of amides is 1. The monoisotopic (exact) mass is 375 g/mol. The first-order valence-electron chi connectivity index (χ1n) is 9.30. The van der Waals surface area contributed by atoms with Gasteiger partial charge >= 0.3 is 6.09 Å². The van der Waals surface area contributed by atoms with Gasteiger partial charge in [0.15, 0.2) is 5.82 Å². The van der Waals surface area contributed by atoms with Gasteiger partial charge in [-0.15, -0.1) is 0 Å². The van der Waals surface area contributed by atoms with Crippen LogP contribution in [-0.2, 0) is 24.3 Å². The summed E-state index contributed by atoms with van der Waals surface area (Å²) in [6, 6.07) is 16.8. The van der Waals surface area contributed by atoms with Crippen LogP contribution in [0.3, 0.4) is 0 Å². The van der Waals surface area contributed by atoms with Gasteiger partial charge in [-0.1, -0.05) is 60.2 Å². The van der Waals surface area contributed by atoms with E-state index in [0.29, 0.717) is 11.3 Å². The molecule has 1 aliphatic rings. The molecule has 1 aromatic heterocycles. The summed E-state index contributed by atoms with van der Waals surface area (Å²) in [7, 11) is 0. The van der Waals surface area contributed by atoms with Crippen molar-refractivity contribution in [1.82, 2.24) is 9.55 Å². The summed E-state index contributed by atoms with van der Waals surface area (Å²) in [4.78, 5) is 29.9. The maximum atomic E-state index is 13.1. The van der Waals surface area contributed by atoms with E-state index < -0.39 is 6.09 Å². The average molecular weight is 375 g/mol. The first-order valence-corrected chi connectivity index (χ1v) is 9.30. The van der Waals surface area contributed by atoms with Crippen molar-refractivity contribution in [3.63, 3.8) is 0 Å². The fraction of sp³-hybridized carbons (Fsp3) is 0.227. The Labute approximate surface area is 163 Å². The summed E-state index contributed by atoms with van der Waals surface area (Å²) in [5.41, 5.74) is 2.95. The van der Waals surface area contributed by atoms with Crippen molar-refractivity contribution < 1.29 is 14.3 Å². The Hall–Kier alpha value is -3.41. The molecule has 0 unspecified atom stereocenters. The molecule has 1 amide bonds. The van der Waals surface area contributed by atoms with E-state index in [1.54, 1.807) is 12.1 Å². The predicted octanol–water partition coefficient (Wildman–Crippen LogP) is 4.12. The third-order valence-electron chi connectivity index (χ3n) is 4.79. The van der Waals surface area contributed by atoms with E-state index in [1.807, 2.05) is 54.0 Å². The molecule has 3 aromatic rings. The van der Waals surface area contributed by atoms with Gasteiger partial charge in [-0.3, -0.25) is 10.1 Å². The van der Waals surface area contributed by atoms with Crippen LogP contribution in [0.5, 0.6) is 0 Å². The van der Waals surface area contributed by atoms with E-state index in [2.05, 4.69) is 10.3 Å². The largest absolute Gasteiger partial charge is 0.444 e. The highest BCUT2D eigenvalue weighted by Crippen LogP contribution is 2.26. The van der Waals surface area contributed by atoms with Crippen LogP contribution in [0.15, 0.2) is 54.6 Å². The lowest BCUT2D eigenvalue weighted by molar-refractivity contribution is 0.103. The number of ketones is 1. The number of carbonyl (C=O) groups excluding carboxylic acids is 2. The van der Waals surface area contributed by atoms with Crippen molar-refractivity contribution in [2.45, 2.75) is 32.9 Å². The molecule has 0 bridgehead atoms. The molecule has 142 valence electrons. The van der Waals surface area contributed by atoms with E-state index in [9.17, 15) is 9.59 Å². The van der Waals surface area contributed by atoms with Crippen LogP contribution < -0.4 is 5.32 Å². The van der Waals surface area contributed by atoms with Crippen molar-refractivity contribution in [3.05, 3.63) is 82.8 Å². The standard InChI is InChI=1S/C22H21N3O3/c1-15-9-11-17(12-10-15)20(26)19-21(23-18-8-5-13-25(18)19)24-22(27)28-14-16-6-3-2-4-7-16/h2-4,6-7,9-12H,5,8,13-14H2,1H3,(H,24,27). The Morgan fingerprint density at radius 1 is 1.11 bits per heavy atom. The highest BCUT2D eigenvalue weighted by Gasteiger charge is 2.27. The number of hydrogen-bond donors (Lipinski definition) is 1. The van der Waals surface area contributed by atoms with Crippen LogP contribution in [0.25, 0.3) is 0 Å². The average Bonchev–Trinajstić information content (AvgIpc) is 3.28. The van der Waals surface area contributed by atoms with Gasteiger partial charge in [-0.05, 0) is 18.9 Å². The van der Waals surface area contributed by atoms with Gasteiger partial charge in [0.05, 0.1) is 0 Å². The molecule has 6 heteroatoms. The summed E-state index contributed by atoms with van der Waals surface area (Å²) in [5.74, 6) is 0.922. The Morgan fingerprint density at radius 2 is 1.86 bits per heavy atom. The van der Waals surface area contributed by atoms with E-state index in [1.165, 1.54) is 0 Å². The molecule has 4 rings (SSSR count). The molecule has 1 aliphatic heterocycles.